The Bertz CT molecular complexity index is 2150. The van der Waals surface area contributed by atoms with Crippen molar-refractivity contribution in [3.63, 3.8) is 0 Å². The van der Waals surface area contributed by atoms with Gasteiger partial charge in [-0.25, -0.2) is 13.2 Å². The van der Waals surface area contributed by atoms with E-state index in [0.29, 0.717) is 19.3 Å². The van der Waals surface area contributed by atoms with Crippen molar-refractivity contribution in [1.29, 1.82) is 0 Å². The van der Waals surface area contributed by atoms with Crippen LogP contribution in [0.15, 0.2) is 91.1 Å². The summed E-state index contributed by atoms with van der Waals surface area (Å²) in [5.74, 6) is -4.72. The molecule has 0 radical (unpaired) electrons. The van der Waals surface area contributed by atoms with E-state index in [9.17, 15) is 40.8 Å². The third-order valence-electron chi connectivity index (χ3n) is 9.80. The van der Waals surface area contributed by atoms with Crippen LogP contribution in [0.1, 0.15) is 36.0 Å². The van der Waals surface area contributed by atoms with Gasteiger partial charge >= 0.3 is 12.1 Å². The number of aromatic amines is 1. The van der Waals surface area contributed by atoms with E-state index in [4.69, 9.17) is 9.90 Å². The standard InChI is InChI=1S/C38H44N6O6S.C2HF3O2/c45-35-22-34(41-28-15-17-51(49,50)18-16-28)36(46)40-24-29(19-25-9-3-1-4-10-25)42-37(47)32(20-26-11-5-2-6-12-26)44-38(48)33(43-35)21-27-23-39-31-14-8-7-13-30(27)31;3-2(4,5)1(6)7/h1-14,23,28-29,32-34,39,41H,15-22,24H2,(H,40,46)(H,42,47)(H,43,45)(H,44,48);(H,6,7)/t29-,32+,33+,34-;/m1./s1. The fourth-order valence-corrected chi connectivity index (χ4v) is 8.28. The number of benzene rings is 3. The van der Waals surface area contributed by atoms with Crippen molar-refractivity contribution in [2.45, 2.75) is 74.9 Å². The zero-order chi connectivity index (χ0) is 41.9. The topological polar surface area (TPSA) is 216 Å². The second-order valence-electron chi connectivity index (χ2n) is 14.2. The van der Waals surface area contributed by atoms with E-state index in [1.807, 2.05) is 84.9 Å². The molecule has 2 aliphatic heterocycles. The molecule has 0 bridgehead atoms. The van der Waals surface area contributed by atoms with Gasteiger partial charge < -0.3 is 36.7 Å². The van der Waals surface area contributed by atoms with Gasteiger partial charge in [0.05, 0.1) is 30.0 Å². The van der Waals surface area contributed by atoms with Gasteiger partial charge in [-0.2, -0.15) is 13.2 Å². The number of halogens is 3. The fraction of sp³-hybridized carbons (Fsp3) is 0.375. The SMILES string of the molecule is O=C(O)C(F)(F)F.O=C1C[C@@H](NC2CCS(=O)(=O)CC2)C(=O)NC[C@@H](Cc2ccccc2)NC(=O)[C@H](Cc2ccccc2)NC(=O)[C@H](Cc2c[nH]c3ccccc23)N1. The van der Waals surface area contributed by atoms with Gasteiger partial charge in [0, 0.05) is 42.5 Å². The molecule has 2 saturated heterocycles. The number of fused-ring (bicyclic) bond motifs is 1. The lowest BCUT2D eigenvalue weighted by Gasteiger charge is -2.30. The number of nitrogens with one attached hydrogen (secondary N) is 6. The summed E-state index contributed by atoms with van der Waals surface area (Å²) in [7, 11) is -3.15. The van der Waals surface area contributed by atoms with Gasteiger partial charge in [0.15, 0.2) is 0 Å². The Hall–Kier alpha value is -5.75. The molecule has 0 saturated carbocycles. The molecule has 0 unspecified atom stereocenters. The number of carbonyl (C=O) groups is 5. The van der Waals surface area contributed by atoms with Crippen LogP contribution >= 0.6 is 0 Å². The first-order valence-corrected chi connectivity index (χ1v) is 20.5. The number of alkyl halides is 3. The zero-order valence-electron chi connectivity index (χ0n) is 31.3. The highest BCUT2D eigenvalue weighted by atomic mass is 32.2. The van der Waals surface area contributed by atoms with E-state index in [1.54, 1.807) is 6.20 Å². The summed E-state index contributed by atoms with van der Waals surface area (Å²) in [6.45, 7) is 0.0630. The van der Waals surface area contributed by atoms with Crippen molar-refractivity contribution >= 4 is 50.3 Å². The Balaban J connectivity index is 0.000000839. The van der Waals surface area contributed by atoms with E-state index in [2.05, 4.69) is 31.6 Å². The van der Waals surface area contributed by atoms with Gasteiger partial charge in [-0.3, -0.25) is 19.2 Å². The molecule has 4 amide bonds. The van der Waals surface area contributed by atoms with Crippen LogP contribution in [-0.2, 0) is 53.1 Å². The van der Waals surface area contributed by atoms with E-state index < -0.39 is 69.8 Å². The van der Waals surface area contributed by atoms with Gasteiger partial charge in [-0.05, 0) is 42.0 Å². The second-order valence-corrected chi connectivity index (χ2v) is 16.5. The molecular formula is C40H45F3N6O8S. The Morgan fingerprint density at radius 3 is 1.91 bits per heavy atom. The number of para-hydroxylation sites is 1. The number of aromatic nitrogens is 1. The number of amides is 4. The van der Waals surface area contributed by atoms with Gasteiger partial charge in [0.1, 0.15) is 21.9 Å². The maximum absolute atomic E-state index is 14.2. The van der Waals surface area contributed by atoms with E-state index >= 15 is 0 Å². The number of H-pyrrole nitrogens is 1. The van der Waals surface area contributed by atoms with Crippen LogP contribution in [0.25, 0.3) is 10.9 Å². The second kappa shape index (κ2) is 19.6. The monoisotopic (exact) mass is 826 g/mol. The van der Waals surface area contributed by atoms with Crippen molar-refractivity contribution in [2.75, 3.05) is 18.1 Å². The Morgan fingerprint density at radius 2 is 1.29 bits per heavy atom. The molecule has 4 aromatic rings. The highest BCUT2D eigenvalue weighted by Crippen LogP contribution is 2.20. The van der Waals surface area contributed by atoms with Crippen molar-refractivity contribution in [3.05, 3.63) is 108 Å². The van der Waals surface area contributed by atoms with E-state index in [0.717, 1.165) is 27.6 Å². The number of hydrogen-bond donors (Lipinski definition) is 7. The average molecular weight is 827 g/mol. The number of aliphatic carboxylic acids is 1. The van der Waals surface area contributed by atoms with Crippen molar-refractivity contribution in [1.82, 2.24) is 31.6 Å². The summed E-state index contributed by atoms with van der Waals surface area (Å²) in [4.78, 5) is 67.9. The molecule has 18 heteroatoms. The molecule has 0 aliphatic carbocycles. The van der Waals surface area contributed by atoms with Crippen LogP contribution in [-0.4, -0.2) is 103 Å². The van der Waals surface area contributed by atoms with Crippen LogP contribution in [0, 0.1) is 0 Å². The molecule has 4 atom stereocenters. The third kappa shape index (κ3) is 12.9. The summed E-state index contributed by atoms with van der Waals surface area (Å²) in [5.41, 5.74) is 3.46. The highest BCUT2D eigenvalue weighted by molar-refractivity contribution is 7.91. The predicted octanol–water partition coefficient (Wildman–Crippen LogP) is 2.34. The maximum atomic E-state index is 14.2. The zero-order valence-corrected chi connectivity index (χ0v) is 32.1. The molecule has 6 rings (SSSR count). The lowest BCUT2D eigenvalue weighted by atomic mass is 10.00. The first-order valence-electron chi connectivity index (χ1n) is 18.6. The average Bonchev–Trinajstić information content (AvgIpc) is 3.59. The largest absolute Gasteiger partial charge is 0.490 e. The molecule has 2 fully saturated rings. The summed E-state index contributed by atoms with van der Waals surface area (Å²) in [6.07, 6.45) is -2.20. The first-order chi connectivity index (χ1) is 27.6. The minimum absolute atomic E-state index is 0.00655. The first kappa shape index (κ1) is 43.4. The fourth-order valence-electron chi connectivity index (χ4n) is 6.79. The summed E-state index contributed by atoms with van der Waals surface area (Å²) in [5, 5.41) is 23.1. The molecule has 3 aromatic carbocycles. The number of carboxylic acids is 1. The predicted molar refractivity (Wildman–Crippen MR) is 208 cm³/mol. The smallest absolute Gasteiger partial charge is 0.475 e. The van der Waals surface area contributed by atoms with Crippen LogP contribution < -0.4 is 26.6 Å². The number of sulfone groups is 1. The minimum atomic E-state index is -5.08. The van der Waals surface area contributed by atoms with Gasteiger partial charge in [-0.1, -0.05) is 78.9 Å². The molecule has 1 aromatic heterocycles. The molecule has 2 aliphatic rings. The summed E-state index contributed by atoms with van der Waals surface area (Å²) < 4.78 is 55.9. The lowest BCUT2D eigenvalue weighted by Crippen LogP contribution is -2.59. The highest BCUT2D eigenvalue weighted by Gasteiger charge is 2.38. The Labute approximate surface area is 332 Å². The quantitative estimate of drug-likeness (QED) is 0.139. The molecule has 58 heavy (non-hydrogen) atoms. The number of carboxylic acid groups (broad SMARTS) is 1. The van der Waals surface area contributed by atoms with Crippen molar-refractivity contribution in [2.24, 2.45) is 0 Å². The molecule has 14 nitrogen and oxygen atoms in total. The van der Waals surface area contributed by atoms with E-state index in [-0.39, 0.29) is 43.4 Å². The number of carbonyl (C=O) groups excluding carboxylic acids is 4. The number of hydrogen-bond acceptors (Lipinski definition) is 8. The summed E-state index contributed by atoms with van der Waals surface area (Å²) in [6, 6.07) is 22.7. The van der Waals surface area contributed by atoms with Gasteiger partial charge in [-0.15, -0.1) is 0 Å². The maximum Gasteiger partial charge on any atom is 0.490 e. The van der Waals surface area contributed by atoms with Crippen LogP contribution in [0.2, 0.25) is 0 Å². The third-order valence-corrected chi connectivity index (χ3v) is 11.5. The lowest BCUT2D eigenvalue weighted by molar-refractivity contribution is -0.192. The molecule has 7 N–H and O–H groups in total. The Kier molecular flexibility index (Phi) is 14.7. The van der Waals surface area contributed by atoms with Gasteiger partial charge in [0.25, 0.3) is 0 Å². The van der Waals surface area contributed by atoms with Crippen molar-refractivity contribution in [3.8, 4) is 0 Å². The van der Waals surface area contributed by atoms with Crippen molar-refractivity contribution < 1.29 is 50.7 Å². The summed E-state index contributed by atoms with van der Waals surface area (Å²) >= 11 is 0. The molecule has 310 valence electrons. The van der Waals surface area contributed by atoms with Crippen LogP contribution in [0.5, 0.6) is 0 Å². The number of rotatable bonds is 8. The van der Waals surface area contributed by atoms with Gasteiger partial charge in [0.2, 0.25) is 23.6 Å². The molecular weight excluding hydrogens is 782 g/mol. The molecule has 0 spiro atoms. The van der Waals surface area contributed by atoms with E-state index in [1.165, 1.54) is 0 Å². The van der Waals surface area contributed by atoms with Crippen LogP contribution in [0.3, 0.4) is 0 Å². The normalized spacial score (nSPS) is 22.3. The molecule has 3 heterocycles. The van der Waals surface area contributed by atoms with Crippen LogP contribution in [0.4, 0.5) is 13.2 Å². The minimum Gasteiger partial charge on any atom is -0.475 e. The Morgan fingerprint density at radius 1 is 0.741 bits per heavy atom.